The largest absolute Gasteiger partial charge is 0.383 e. The molecule has 0 radical (unpaired) electrons. The lowest BCUT2D eigenvalue weighted by Gasteiger charge is -2.39. The minimum atomic E-state index is 0.365. The van der Waals surface area contributed by atoms with Gasteiger partial charge in [0.1, 0.15) is 5.82 Å². The Hall–Kier alpha value is -0.550. The quantitative estimate of drug-likeness (QED) is 0.867. The lowest BCUT2D eigenvalue weighted by molar-refractivity contribution is -0.00459. The number of aromatic nitrogens is 2. The molecule has 1 spiro atoms. The Morgan fingerprint density at radius 1 is 1.39 bits per heavy atom. The van der Waals surface area contributed by atoms with Gasteiger partial charge in [0.15, 0.2) is 0 Å². The Morgan fingerprint density at radius 2 is 2.11 bits per heavy atom. The molecule has 1 saturated carbocycles. The van der Waals surface area contributed by atoms with E-state index >= 15 is 0 Å². The Kier molecular flexibility index (Phi) is 3.14. The van der Waals surface area contributed by atoms with Crippen LogP contribution in [0.5, 0.6) is 0 Å². The minimum absolute atomic E-state index is 0.365. The highest BCUT2D eigenvalue weighted by Crippen LogP contribution is 2.53. The van der Waals surface area contributed by atoms with E-state index in [0.717, 1.165) is 42.0 Å². The van der Waals surface area contributed by atoms with Crippen LogP contribution in [0.4, 0.5) is 5.82 Å². The van der Waals surface area contributed by atoms with Crippen molar-refractivity contribution in [2.24, 2.45) is 5.41 Å². The van der Waals surface area contributed by atoms with Crippen molar-refractivity contribution in [1.82, 2.24) is 9.78 Å². The Balaban J connectivity index is 1.97. The van der Waals surface area contributed by atoms with E-state index in [2.05, 4.69) is 25.7 Å². The third-order valence-electron chi connectivity index (χ3n) is 4.69. The maximum Gasteiger partial charge on any atom is 0.136 e. The van der Waals surface area contributed by atoms with Crippen molar-refractivity contribution in [3.8, 4) is 0 Å². The highest BCUT2D eigenvalue weighted by atomic mass is 79.9. The highest BCUT2D eigenvalue weighted by molar-refractivity contribution is 9.10. The molecule has 1 aliphatic carbocycles. The lowest BCUT2D eigenvalue weighted by atomic mass is 9.75. The van der Waals surface area contributed by atoms with E-state index in [9.17, 15) is 0 Å². The van der Waals surface area contributed by atoms with Gasteiger partial charge < -0.3 is 10.5 Å². The molecule has 2 N–H and O–H groups in total. The normalized spacial score (nSPS) is 26.9. The SMILES string of the molecule is Cc1nn(C2CCCC23CCOCC3)c(N)c1Br. The van der Waals surface area contributed by atoms with Crippen LogP contribution < -0.4 is 5.73 Å². The van der Waals surface area contributed by atoms with Crippen LogP contribution >= 0.6 is 15.9 Å². The van der Waals surface area contributed by atoms with Gasteiger partial charge in [-0.2, -0.15) is 5.10 Å². The number of hydrogen-bond acceptors (Lipinski definition) is 3. The summed E-state index contributed by atoms with van der Waals surface area (Å²) in [4.78, 5) is 0. The van der Waals surface area contributed by atoms with Gasteiger partial charge in [0.05, 0.1) is 16.2 Å². The molecule has 2 aliphatic rings. The fourth-order valence-electron chi connectivity index (χ4n) is 3.65. The number of anilines is 1. The van der Waals surface area contributed by atoms with E-state index in [0.29, 0.717) is 11.5 Å². The average molecular weight is 314 g/mol. The topological polar surface area (TPSA) is 53.1 Å². The molecule has 1 atom stereocenters. The Labute approximate surface area is 116 Å². The van der Waals surface area contributed by atoms with Crippen molar-refractivity contribution in [1.29, 1.82) is 0 Å². The van der Waals surface area contributed by atoms with Gasteiger partial charge in [-0.25, -0.2) is 4.68 Å². The summed E-state index contributed by atoms with van der Waals surface area (Å²) < 4.78 is 8.55. The molecule has 2 heterocycles. The smallest absolute Gasteiger partial charge is 0.136 e. The van der Waals surface area contributed by atoms with E-state index in [-0.39, 0.29) is 0 Å². The summed E-state index contributed by atoms with van der Waals surface area (Å²) in [6.45, 7) is 3.78. The third kappa shape index (κ3) is 1.79. The van der Waals surface area contributed by atoms with E-state index in [1.807, 2.05) is 6.92 Å². The van der Waals surface area contributed by atoms with Gasteiger partial charge in [-0.15, -0.1) is 0 Å². The predicted octanol–water partition coefficient (Wildman–Crippen LogP) is 3.06. The lowest BCUT2D eigenvalue weighted by Crippen LogP contribution is -2.35. The molecule has 18 heavy (non-hydrogen) atoms. The Morgan fingerprint density at radius 3 is 2.72 bits per heavy atom. The fraction of sp³-hybridized carbons (Fsp3) is 0.769. The maximum atomic E-state index is 6.20. The molecule has 0 bridgehead atoms. The zero-order valence-electron chi connectivity index (χ0n) is 10.8. The number of nitrogens with two attached hydrogens (primary N) is 1. The van der Waals surface area contributed by atoms with Gasteiger partial charge in [-0.3, -0.25) is 0 Å². The number of nitrogens with zero attached hydrogens (tertiary/aromatic N) is 2. The molecule has 0 amide bonds. The first-order valence-electron chi connectivity index (χ1n) is 6.72. The molecule has 4 nitrogen and oxygen atoms in total. The summed E-state index contributed by atoms with van der Waals surface area (Å²) >= 11 is 3.53. The molecular weight excluding hydrogens is 294 g/mol. The number of ether oxygens (including phenoxy) is 1. The molecule has 1 aliphatic heterocycles. The maximum absolute atomic E-state index is 6.20. The van der Waals surface area contributed by atoms with Gasteiger partial charge in [-0.1, -0.05) is 6.42 Å². The molecule has 2 fully saturated rings. The zero-order chi connectivity index (χ0) is 12.8. The number of rotatable bonds is 1. The van der Waals surface area contributed by atoms with Crippen LogP contribution in [-0.4, -0.2) is 23.0 Å². The van der Waals surface area contributed by atoms with Gasteiger partial charge in [0.25, 0.3) is 0 Å². The second kappa shape index (κ2) is 4.53. The van der Waals surface area contributed by atoms with Crippen molar-refractivity contribution in [3.63, 3.8) is 0 Å². The van der Waals surface area contributed by atoms with Crippen LogP contribution in [0, 0.1) is 12.3 Å². The van der Waals surface area contributed by atoms with Crippen LogP contribution in [0.1, 0.15) is 43.8 Å². The molecule has 1 aromatic rings. The molecule has 1 unspecified atom stereocenters. The second-order valence-corrected chi connectivity index (χ2v) is 6.40. The van der Waals surface area contributed by atoms with Crippen molar-refractivity contribution < 1.29 is 4.74 Å². The minimum Gasteiger partial charge on any atom is -0.383 e. The highest BCUT2D eigenvalue weighted by Gasteiger charge is 2.45. The predicted molar refractivity (Wildman–Crippen MR) is 74.5 cm³/mol. The number of nitrogen functional groups attached to an aromatic ring is 1. The summed E-state index contributed by atoms with van der Waals surface area (Å²) in [6.07, 6.45) is 6.05. The first-order chi connectivity index (χ1) is 8.64. The van der Waals surface area contributed by atoms with Crippen molar-refractivity contribution in [2.75, 3.05) is 18.9 Å². The summed E-state index contributed by atoms with van der Waals surface area (Å²) in [7, 11) is 0. The van der Waals surface area contributed by atoms with E-state index in [1.54, 1.807) is 0 Å². The number of halogens is 1. The number of aryl methyl sites for hydroxylation is 1. The van der Waals surface area contributed by atoms with Gasteiger partial charge in [-0.05, 0) is 54.0 Å². The van der Waals surface area contributed by atoms with Crippen LogP contribution in [0.15, 0.2) is 4.47 Å². The molecule has 3 rings (SSSR count). The average Bonchev–Trinajstić information content (AvgIpc) is 2.87. The van der Waals surface area contributed by atoms with Crippen molar-refractivity contribution in [2.45, 2.75) is 45.1 Å². The van der Waals surface area contributed by atoms with E-state index in [1.165, 1.54) is 19.3 Å². The zero-order valence-corrected chi connectivity index (χ0v) is 12.4. The first kappa shape index (κ1) is 12.5. The fourth-order valence-corrected chi connectivity index (χ4v) is 3.91. The second-order valence-electron chi connectivity index (χ2n) is 5.61. The summed E-state index contributed by atoms with van der Waals surface area (Å²) in [5.41, 5.74) is 7.55. The van der Waals surface area contributed by atoms with E-state index in [4.69, 9.17) is 10.5 Å². The Bertz CT molecular complexity index is 451. The summed E-state index contributed by atoms with van der Waals surface area (Å²) in [6, 6.07) is 0.450. The summed E-state index contributed by atoms with van der Waals surface area (Å²) in [5.74, 6) is 0.783. The van der Waals surface area contributed by atoms with Gasteiger partial charge >= 0.3 is 0 Å². The van der Waals surface area contributed by atoms with Crippen LogP contribution in [0.2, 0.25) is 0 Å². The molecule has 100 valence electrons. The number of hydrogen-bond donors (Lipinski definition) is 1. The molecule has 5 heteroatoms. The van der Waals surface area contributed by atoms with Crippen LogP contribution in [0.3, 0.4) is 0 Å². The standard InChI is InChI=1S/C13H20BrN3O/c1-9-11(14)12(15)17(16-9)10-3-2-4-13(10)5-7-18-8-6-13/h10H,2-8,15H2,1H3. The van der Waals surface area contributed by atoms with Gasteiger partial charge in [0.2, 0.25) is 0 Å². The molecule has 0 aromatic carbocycles. The molecular formula is C13H20BrN3O. The van der Waals surface area contributed by atoms with Crippen LogP contribution in [-0.2, 0) is 4.74 Å². The third-order valence-corrected chi connectivity index (χ3v) is 5.67. The molecule has 1 saturated heterocycles. The van der Waals surface area contributed by atoms with Crippen molar-refractivity contribution >= 4 is 21.7 Å². The molecule has 1 aromatic heterocycles. The summed E-state index contributed by atoms with van der Waals surface area (Å²) in [5, 5.41) is 4.65. The van der Waals surface area contributed by atoms with Crippen LogP contribution in [0.25, 0.3) is 0 Å². The van der Waals surface area contributed by atoms with Crippen molar-refractivity contribution in [3.05, 3.63) is 10.2 Å². The van der Waals surface area contributed by atoms with E-state index < -0.39 is 0 Å². The monoisotopic (exact) mass is 313 g/mol. The first-order valence-corrected chi connectivity index (χ1v) is 7.51. The van der Waals surface area contributed by atoms with Gasteiger partial charge in [0, 0.05) is 13.2 Å².